The third-order valence-electron chi connectivity index (χ3n) is 4.90. The molecule has 1 aliphatic carbocycles. The van der Waals surface area contributed by atoms with Crippen LogP contribution in [0.4, 0.5) is 0 Å². The lowest BCUT2D eigenvalue weighted by Gasteiger charge is -2.20. The Morgan fingerprint density at radius 2 is 2.11 bits per heavy atom. The highest BCUT2D eigenvalue weighted by molar-refractivity contribution is 6.35. The number of rotatable bonds is 3. The maximum atomic E-state index is 6.23. The Kier molecular flexibility index (Phi) is 5.57. The molecule has 3 nitrogen and oxygen atoms in total. The van der Waals surface area contributed by atoms with Gasteiger partial charge in [-0.15, -0.1) is 0 Å². The van der Waals surface area contributed by atoms with Gasteiger partial charge in [0.25, 0.3) is 6.02 Å². The van der Waals surface area contributed by atoms with Crippen molar-refractivity contribution in [3.05, 3.63) is 68.7 Å². The van der Waals surface area contributed by atoms with Crippen molar-refractivity contribution in [2.75, 3.05) is 13.2 Å². The summed E-state index contributed by atoms with van der Waals surface area (Å²) in [4.78, 5) is 4.38. The molecule has 0 spiro atoms. The van der Waals surface area contributed by atoms with Crippen molar-refractivity contribution in [1.29, 1.82) is 0 Å². The molecule has 2 aromatic carbocycles. The van der Waals surface area contributed by atoms with Crippen LogP contribution in [0.2, 0.25) is 10.0 Å². The first-order valence-electron chi connectivity index (χ1n) is 9.19. The molecule has 0 bridgehead atoms. The highest BCUT2D eigenvalue weighted by Gasteiger charge is 2.22. The molecule has 4 rings (SSSR count). The first kappa shape index (κ1) is 18.2. The van der Waals surface area contributed by atoms with Crippen LogP contribution in [0.25, 0.3) is 0 Å². The number of nitrogens with one attached hydrogen (secondary N) is 1. The van der Waals surface area contributed by atoms with Gasteiger partial charge in [-0.2, -0.15) is 0 Å². The normalized spacial score (nSPS) is 16.0. The van der Waals surface area contributed by atoms with E-state index in [1.54, 1.807) is 12.1 Å². The Bertz CT molecular complexity index is 943. The van der Waals surface area contributed by atoms with Crippen LogP contribution >= 0.6 is 23.2 Å². The van der Waals surface area contributed by atoms with E-state index in [4.69, 9.17) is 27.9 Å². The number of amidine groups is 1. The van der Waals surface area contributed by atoms with Crippen LogP contribution in [0.5, 0.6) is 0 Å². The SMILES string of the molecule is Clc1ccc(C#CCC(NC2=NCCO2)c2cccc3c2CCC3)c(Cl)c1. The summed E-state index contributed by atoms with van der Waals surface area (Å²) in [6.45, 7) is 1.34. The molecule has 1 heterocycles. The van der Waals surface area contributed by atoms with Crippen LogP contribution in [0.15, 0.2) is 41.4 Å². The van der Waals surface area contributed by atoms with Crippen LogP contribution < -0.4 is 5.32 Å². The molecule has 1 atom stereocenters. The van der Waals surface area contributed by atoms with Gasteiger partial charge in [-0.3, -0.25) is 0 Å². The van der Waals surface area contributed by atoms with Crippen LogP contribution in [0.3, 0.4) is 0 Å². The summed E-state index contributed by atoms with van der Waals surface area (Å²) in [5, 5.41) is 4.63. The summed E-state index contributed by atoms with van der Waals surface area (Å²) in [7, 11) is 0. The molecular weight excluding hydrogens is 379 g/mol. The molecule has 0 saturated heterocycles. The minimum Gasteiger partial charge on any atom is -0.463 e. The molecule has 138 valence electrons. The first-order valence-corrected chi connectivity index (χ1v) is 9.94. The Morgan fingerprint density at radius 3 is 2.93 bits per heavy atom. The topological polar surface area (TPSA) is 33.6 Å². The van der Waals surface area contributed by atoms with Gasteiger partial charge in [0.05, 0.1) is 17.6 Å². The molecule has 0 radical (unpaired) electrons. The molecule has 1 unspecified atom stereocenters. The summed E-state index contributed by atoms with van der Waals surface area (Å²) >= 11 is 12.2. The molecule has 27 heavy (non-hydrogen) atoms. The number of benzene rings is 2. The van der Waals surface area contributed by atoms with Crippen LogP contribution in [-0.4, -0.2) is 19.2 Å². The minimum absolute atomic E-state index is 0.0356. The first-order chi connectivity index (χ1) is 13.2. The van der Waals surface area contributed by atoms with Crippen LogP contribution in [-0.2, 0) is 17.6 Å². The highest BCUT2D eigenvalue weighted by atomic mass is 35.5. The molecule has 2 aromatic rings. The Morgan fingerprint density at radius 1 is 1.19 bits per heavy atom. The quantitative estimate of drug-likeness (QED) is 0.742. The molecule has 0 fully saturated rings. The average molecular weight is 399 g/mol. The van der Waals surface area contributed by atoms with E-state index in [2.05, 4.69) is 40.3 Å². The van der Waals surface area contributed by atoms with Gasteiger partial charge >= 0.3 is 0 Å². The number of fused-ring (bicyclic) bond motifs is 1. The van der Waals surface area contributed by atoms with E-state index in [0.717, 1.165) is 18.4 Å². The molecule has 0 saturated carbocycles. The number of hydrogen-bond donors (Lipinski definition) is 1. The fourth-order valence-electron chi connectivity index (χ4n) is 3.63. The van der Waals surface area contributed by atoms with E-state index < -0.39 is 0 Å². The van der Waals surface area contributed by atoms with E-state index in [-0.39, 0.29) is 6.04 Å². The lowest BCUT2D eigenvalue weighted by molar-refractivity contribution is 0.325. The van der Waals surface area contributed by atoms with Crippen molar-refractivity contribution < 1.29 is 4.74 Å². The summed E-state index contributed by atoms with van der Waals surface area (Å²) in [6, 6.07) is 12.6. The Labute approximate surface area is 169 Å². The second kappa shape index (κ2) is 8.25. The summed E-state index contributed by atoms with van der Waals surface area (Å²) in [6.07, 6.45) is 4.12. The van der Waals surface area contributed by atoms with Crippen molar-refractivity contribution in [3.63, 3.8) is 0 Å². The second-order valence-corrected chi connectivity index (χ2v) is 7.54. The number of aliphatic imine (C=N–C) groups is 1. The smallest absolute Gasteiger partial charge is 0.285 e. The van der Waals surface area contributed by atoms with E-state index in [0.29, 0.717) is 35.6 Å². The molecule has 1 aliphatic heterocycles. The third kappa shape index (κ3) is 4.24. The van der Waals surface area contributed by atoms with Crippen molar-refractivity contribution in [2.45, 2.75) is 31.7 Å². The van der Waals surface area contributed by atoms with Gasteiger partial charge in [-0.25, -0.2) is 4.99 Å². The van der Waals surface area contributed by atoms with E-state index in [1.165, 1.54) is 23.1 Å². The lowest BCUT2D eigenvalue weighted by atomic mass is 9.95. The fraction of sp³-hybridized carbons (Fsp3) is 0.318. The molecule has 5 heteroatoms. The highest BCUT2D eigenvalue weighted by Crippen LogP contribution is 2.30. The standard InChI is InChI=1S/C22H20Cl2N2O/c23-17-11-10-16(20(24)14-17)6-3-9-21(26-22-25-12-13-27-22)19-8-2-5-15-4-1-7-18(15)19/h2,5,8,10-11,14,21H,1,4,7,9,12-13H2,(H,25,26). The lowest BCUT2D eigenvalue weighted by Crippen LogP contribution is -2.29. The second-order valence-electron chi connectivity index (χ2n) is 6.70. The Hall–Kier alpha value is -2.15. The zero-order valence-electron chi connectivity index (χ0n) is 14.9. The number of halogens is 2. The summed E-state index contributed by atoms with van der Waals surface area (Å²) in [5.74, 6) is 6.45. The maximum Gasteiger partial charge on any atom is 0.285 e. The molecule has 1 N–H and O–H groups in total. The van der Waals surface area contributed by atoms with Gasteiger partial charge in [0, 0.05) is 17.0 Å². The van der Waals surface area contributed by atoms with Crippen LogP contribution in [0, 0.1) is 11.8 Å². The predicted molar refractivity (Wildman–Crippen MR) is 111 cm³/mol. The van der Waals surface area contributed by atoms with Gasteiger partial charge in [-0.1, -0.05) is 53.2 Å². The van der Waals surface area contributed by atoms with Crippen molar-refractivity contribution in [2.24, 2.45) is 4.99 Å². The number of aryl methyl sites for hydroxylation is 1. The van der Waals surface area contributed by atoms with E-state index in [9.17, 15) is 0 Å². The molecular formula is C22H20Cl2N2O. The van der Waals surface area contributed by atoms with Crippen molar-refractivity contribution >= 4 is 29.2 Å². The van der Waals surface area contributed by atoms with Gasteiger partial charge in [0.1, 0.15) is 6.61 Å². The van der Waals surface area contributed by atoms with E-state index in [1.807, 2.05) is 6.07 Å². The van der Waals surface area contributed by atoms with Gasteiger partial charge in [0.15, 0.2) is 0 Å². The molecule has 0 amide bonds. The molecule has 0 aromatic heterocycles. The van der Waals surface area contributed by atoms with Gasteiger partial charge < -0.3 is 10.1 Å². The zero-order valence-corrected chi connectivity index (χ0v) is 16.4. The molecule has 2 aliphatic rings. The van der Waals surface area contributed by atoms with Crippen molar-refractivity contribution in [1.82, 2.24) is 5.32 Å². The van der Waals surface area contributed by atoms with Gasteiger partial charge in [0.2, 0.25) is 0 Å². The summed E-state index contributed by atoms with van der Waals surface area (Å²) in [5.41, 5.74) is 4.97. The maximum absolute atomic E-state index is 6.23. The fourth-order valence-corrected chi connectivity index (χ4v) is 4.08. The Balaban J connectivity index is 1.59. The summed E-state index contributed by atoms with van der Waals surface area (Å²) < 4.78 is 5.58. The zero-order chi connectivity index (χ0) is 18.6. The minimum atomic E-state index is 0.0356. The third-order valence-corrected chi connectivity index (χ3v) is 5.45. The number of ether oxygens (including phenoxy) is 1. The van der Waals surface area contributed by atoms with Crippen molar-refractivity contribution in [3.8, 4) is 11.8 Å². The largest absolute Gasteiger partial charge is 0.463 e. The van der Waals surface area contributed by atoms with E-state index >= 15 is 0 Å². The van der Waals surface area contributed by atoms with Gasteiger partial charge in [-0.05, 0) is 54.2 Å². The monoisotopic (exact) mass is 398 g/mol. The average Bonchev–Trinajstić information content (AvgIpc) is 3.33. The number of hydrogen-bond acceptors (Lipinski definition) is 3. The predicted octanol–water partition coefficient (Wildman–Crippen LogP) is 4.94. The number of nitrogens with zero attached hydrogens (tertiary/aromatic N) is 1. The van der Waals surface area contributed by atoms with Crippen LogP contribution in [0.1, 0.15) is 41.1 Å².